The molecular weight excluding hydrogens is 207 g/mol. The van der Waals surface area contributed by atoms with Gasteiger partial charge in [0.15, 0.2) is 11.6 Å². The third-order valence-electron chi connectivity index (χ3n) is 3.26. The molecule has 0 radical (unpaired) electrons. The van der Waals surface area contributed by atoms with Gasteiger partial charge in [0.25, 0.3) is 0 Å². The number of rotatable bonds is 1. The highest BCUT2D eigenvalue weighted by Gasteiger charge is 2.35. The minimum atomic E-state index is -1.50. The van der Waals surface area contributed by atoms with E-state index >= 15 is 0 Å². The summed E-state index contributed by atoms with van der Waals surface area (Å²) in [5, 5.41) is 18.5. The summed E-state index contributed by atoms with van der Waals surface area (Å²) in [7, 11) is -1.50. The van der Waals surface area contributed by atoms with Gasteiger partial charge in [-0.3, -0.25) is 0 Å². The number of ether oxygens (including phenoxy) is 1. The summed E-state index contributed by atoms with van der Waals surface area (Å²) < 4.78 is 5.61. The minimum absolute atomic E-state index is 0.395. The molecule has 0 unspecified atom stereocenters. The molecular formula is C10H13BN2O3. The highest BCUT2D eigenvalue weighted by Crippen LogP contribution is 2.34. The molecule has 2 aliphatic heterocycles. The SMILES string of the molecule is OB(O)c1ccnc2c1OC[C@@H]1CCCN21. The van der Waals surface area contributed by atoms with Gasteiger partial charge >= 0.3 is 7.12 Å². The lowest BCUT2D eigenvalue weighted by atomic mass is 9.80. The minimum Gasteiger partial charge on any atom is -0.488 e. The van der Waals surface area contributed by atoms with E-state index in [0.29, 0.717) is 23.9 Å². The molecule has 0 spiro atoms. The Balaban J connectivity index is 2.07. The molecule has 0 amide bonds. The van der Waals surface area contributed by atoms with Gasteiger partial charge in [-0.1, -0.05) is 0 Å². The quantitative estimate of drug-likeness (QED) is 0.602. The van der Waals surface area contributed by atoms with Gasteiger partial charge in [-0.05, 0) is 18.9 Å². The summed E-state index contributed by atoms with van der Waals surface area (Å²) in [5.41, 5.74) is 0.398. The first-order chi connectivity index (χ1) is 7.77. The summed E-state index contributed by atoms with van der Waals surface area (Å²) in [6, 6.07) is 1.98. The standard InChI is InChI=1S/C10H13BN2O3/c14-11(15)8-3-4-12-10-9(8)16-6-7-2-1-5-13(7)10/h3-4,7,14-15H,1-2,5-6H2/t7-/m0/s1. The van der Waals surface area contributed by atoms with Gasteiger partial charge in [0.1, 0.15) is 6.61 Å². The second-order valence-corrected chi connectivity index (χ2v) is 4.23. The van der Waals surface area contributed by atoms with E-state index in [0.717, 1.165) is 25.2 Å². The number of aromatic nitrogens is 1. The first kappa shape index (κ1) is 9.93. The Morgan fingerprint density at radius 1 is 1.50 bits per heavy atom. The van der Waals surface area contributed by atoms with E-state index in [1.54, 1.807) is 12.3 Å². The third kappa shape index (κ3) is 1.37. The lowest BCUT2D eigenvalue weighted by molar-refractivity contribution is 0.270. The number of hydrogen-bond acceptors (Lipinski definition) is 5. The molecule has 1 aromatic rings. The topological polar surface area (TPSA) is 65.8 Å². The Labute approximate surface area is 93.8 Å². The Morgan fingerprint density at radius 2 is 2.38 bits per heavy atom. The first-order valence-electron chi connectivity index (χ1n) is 5.52. The molecule has 2 N–H and O–H groups in total. The summed E-state index contributed by atoms with van der Waals surface area (Å²) in [6.07, 6.45) is 3.85. The van der Waals surface area contributed by atoms with Crippen LogP contribution in [0.25, 0.3) is 0 Å². The number of nitrogens with zero attached hydrogens (tertiary/aromatic N) is 2. The van der Waals surface area contributed by atoms with E-state index in [9.17, 15) is 10.0 Å². The van der Waals surface area contributed by atoms with Crippen LogP contribution in [0.5, 0.6) is 5.75 Å². The zero-order valence-corrected chi connectivity index (χ0v) is 8.83. The average molecular weight is 220 g/mol. The van der Waals surface area contributed by atoms with Crippen molar-refractivity contribution < 1.29 is 14.8 Å². The molecule has 3 rings (SSSR count). The predicted molar refractivity (Wildman–Crippen MR) is 59.9 cm³/mol. The van der Waals surface area contributed by atoms with Crippen molar-refractivity contribution >= 4 is 18.4 Å². The number of hydrogen-bond donors (Lipinski definition) is 2. The van der Waals surface area contributed by atoms with E-state index in [2.05, 4.69) is 9.88 Å². The maximum atomic E-state index is 9.25. The smallest absolute Gasteiger partial charge is 0.488 e. The fraction of sp³-hybridized carbons (Fsp3) is 0.500. The number of pyridine rings is 1. The molecule has 6 heteroatoms. The first-order valence-corrected chi connectivity index (χ1v) is 5.52. The molecule has 16 heavy (non-hydrogen) atoms. The summed E-state index contributed by atoms with van der Waals surface area (Å²) >= 11 is 0. The van der Waals surface area contributed by atoms with Crippen LogP contribution >= 0.6 is 0 Å². The average Bonchev–Trinajstić information content (AvgIpc) is 2.76. The molecule has 0 aromatic carbocycles. The molecule has 1 saturated heterocycles. The zero-order valence-electron chi connectivity index (χ0n) is 8.83. The Morgan fingerprint density at radius 3 is 3.19 bits per heavy atom. The van der Waals surface area contributed by atoms with Crippen molar-refractivity contribution in [2.24, 2.45) is 0 Å². The maximum Gasteiger partial charge on any atom is 0.492 e. The molecule has 84 valence electrons. The maximum absolute atomic E-state index is 9.25. The lowest BCUT2D eigenvalue weighted by Crippen LogP contribution is -2.43. The zero-order chi connectivity index (χ0) is 11.1. The highest BCUT2D eigenvalue weighted by atomic mass is 16.5. The molecule has 0 aliphatic carbocycles. The van der Waals surface area contributed by atoms with Gasteiger partial charge in [0, 0.05) is 18.2 Å². The highest BCUT2D eigenvalue weighted by molar-refractivity contribution is 6.60. The van der Waals surface area contributed by atoms with E-state index in [1.807, 2.05) is 0 Å². The van der Waals surface area contributed by atoms with Crippen LogP contribution in [0.2, 0.25) is 0 Å². The van der Waals surface area contributed by atoms with Crippen molar-refractivity contribution in [2.75, 3.05) is 18.1 Å². The molecule has 1 atom stereocenters. The van der Waals surface area contributed by atoms with Crippen molar-refractivity contribution in [2.45, 2.75) is 18.9 Å². The van der Waals surface area contributed by atoms with Crippen molar-refractivity contribution in [3.63, 3.8) is 0 Å². The van der Waals surface area contributed by atoms with Crippen LogP contribution in [-0.4, -0.2) is 41.3 Å². The van der Waals surface area contributed by atoms with Crippen LogP contribution in [0, 0.1) is 0 Å². The molecule has 0 bridgehead atoms. The van der Waals surface area contributed by atoms with Gasteiger partial charge < -0.3 is 19.7 Å². The largest absolute Gasteiger partial charge is 0.492 e. The van der Waals surface area contributed by atoms with Crippen LogP contribution in [0.1, 0.15) is 12.8 Å². The second-order valence-electron chi connectivity index (χ2n) is 4.23. The fourth-order valence-corrected chi connectivity index (χ4v) is 2.47. The Hall–Kier alpha value is -1.27. The van der Waals surface area contributed by atoms with Crippen molar-refractivity contribution in [3.8, 4) is 5.75 Å². The van der Waals surface area contributed by atoms with Gasteiger partial charge in [-0.15, -0.1) is 0 Å². The van der Waals surface area contributed by atoms with E-state index < -0.39 is 7.12 Å². The van der Waals surface area contributed by atoms with E-state index in [4.69, 9.17) is 4.74 Å². The molecule has 1 aromatic heterocycles. The Bertz CT molecular complexity index is 413. The normalized spacial score (nSPS) is 22.4. The molecule has 2 aliphatic rings. The van der Waals surface area contributed by atoms with Crippen LogP contribution in [-0.2, 0) is 0 Å². The van der Waals surface area contributed by atoms with Crippen molar-refractivity contribution in [1.82, 2.24) is 4.98 Å². The molecule has 3 heterocycles. The van der Waals surface area contributed by atoms with Crippen LogP contribution in [0.4, 0.5) is 5.82 Å². The van der Waals surface area contributed by atoms with Gasteiger partial charge in [-0.2, -0.15) is 0 Å². The summed E-state index contributed by atoms with van der Waals surface area (Å²) in [5.74, 6) is 1.27. The molecule has 1 fully saturated rings. The number of anilines is 1. The summed E-state index contributed by atoms with van der Waals surface area (Å²) in [6.45, 7) is 1.58. The van der Waals surface area contributed by atoms with Gasteiger partial charge in [0.05, 0.1) is 6.04 Å². The number of fused-ring (bicyclic) bond motifs is 3. The van der Waals surface area contributed by atoms with Crippen molar-refractivity contribution in [1.29, 1.82) is 0 Å². The predicted octanol–water partition coefficient (Wildman–Crippen LogP) is -0.877. The van der Waals surface area contributed by atoms with E-state index in [1.165, 1.54) is 0 Å². The third-order valence-corrected chi connectivity index (χ3v) is 3.26. The van der Waals surface area contributed by atoms with Gasteiger partial charge in [0.2, 0.25) is 0 Å². The fourth-order valence-electron chi connectivity index (χ4n) is 2.47. The van der Waals surface area contributed by atoms with Gasteiger partial charge in [-0.25, -0.2) is 4.98 Å². The summed E-state index contributed by atoms with van der Waals surface area (Å²) in [4.78, 5) is 6.48. The Kier molecular flexibility index (Phi) is 2.26. The van der Waals surface area contributed by atoms with Crippen molar-refractivity contribution in [3.05, 3.63) is 12.3 Å². The van der Waals surface area contributed by atoms with Crippen LogP contribution in [0.15, 0.2) is 12.3 Å². The van der Waals surface area contributed by atoms with Crippen LogP contribution < -0.4 is 15.1 Å². The molecule has 5 nitrogen and oxygen atoms in total. The molecule has 0 saturated carbocycles. The monoisotopic (exact) mass is 220 g/mol. The second kappa shape index (κ2) is 3.64. The van der Waals surface area contributed by atoms with Crippen LogP contribution in [0.3, 0.4) is 0 Å². The van der Waals surface area contributed by atoms with E-state index in [-0.39, 0.29) is 0 Å². The lowest BCUT2D eigenvalue weighted by Gasteiger charge is -2.33.